The molecule has 1 aromatic heterocycles. The molecule has 0 fully saturated rings. The molecule has 0 aliphatic rings. The summed E-state index contributed by atoms with van der Waals surface area (Å²) in [7, 11) is 1.88. The largest absolute Gasteiger partial charge is 0.466 e. The second-order valence-electron chi connectivity index (χ2n) is 4.47. The molecule has 2 N–H and O–H groups in total. The lowest BCUT2D eigenvalue weighted by Crippen LogP contribution is -2.15. The van der Waals surface area contributed by atoms with E-state index in [1.165, 1.54) is 0 Å². The predicted octanol–water partition coefficient (Wildman–Crippen LogP) is 2.87. The van der Waals surface area contributed by atoms with Gasteiger partial charge in [0.1, 0.15) is 11.5 Å². The van der Waals surface area contributed by atoms with Crippen LogP contribution >= 0.6 is 0 Å². The maximum Gasteiger partial charge on any atom is 0.259 e. The number of para-hydroxylation sites is 1. The summed E-state index contributed by atoms with van der Waals surface area (Å²) in [5.74, 6) is 1.24. The third kappa shape index (κ3) is 3.03. The molecule has 0 spiro atoms. The van der Waals surface area contributed by atoms with Crippen LogP contribution in [-0.2, 0) is 6.54 Å². The number of hydrogen-bond donors (Lipinski definition) is 2. The zero-order valence-electron chi connectivity index (χ0n) is 11.4. The Balaban J connectivity index is 2.21. The minimum atomic E-state index is -0.141. The maximum absolute atomic E-state index is 12.2. The van der Waals surface area contributed by atoms with Gasteiger partial charge in [0.2, 0.25) is 0 Å². The molecule has 100 valence electrons. The highest BCUT2D eigenvalue weighted by molar-refractivity contribution is 6.05. The monoisotopic (exact) mass is 258 g/mol. The van der Waals surface area contributed by atoms with E-state index in [9.17, 15) is 4.79 Å². The molecule has 4 heteroatoms. The van der Waals surface area contributed by atoms with Crippen molar-refractivity contribution in [2.45, 2.75) is 20.4 Å². The summed E-state index contributed by atoms with van der Waals surface area (Å²) in [6.45, 7) is 4.33. The summed E-state index contributed by atoms with van der Waals surface area (Å²) in [4.78, 5) is 12.2. The summed E-state index contributed by atoms with van der Waals surface area (Å²) in [6, 6.07) is 9.50. The minimum Gasteiger partial charge on any atom is -0.466 e. The lowest BCUT2D eigenvalue weighted by Gasteiger charge is -2.10. The van der Waals surface area contributed by atoms with Gasteiger partial charge in [0, 0.05) is 12.2 Å². The van der Waals surface area contributed by atoms with Crippen LogP contribution in [0.3, 0.4) is 0 Å². The van der Waals surface area contributed by atoms with E-state index in [4.69, 9.17) is 4.42 Å². The molecule has 0 aliphatic carbocycles. The Hall–Kier alpha value is -2.07. The van der Waals surface area contributed by atoms with Gasteiger partial charge in [-0.05, 0) is 38.6 Å². The van der Waals surface area contributed by atoms with Crippen LogP contribution < -0.4 is 10.6 Å². The lowest BCUT2D eigenvalue weighted by molar-refractivity contribution is 0.102. The molecule has 1 aromatic carbocycles. The van der Waals surface area contributed by atoms with Crippen LogP contribution in [-0.4, -0.2) is 13.0 Å². The Morgan fingerprint density at radius 3 is 2.63 bits per heavy atom. The quantitative estimate of drug-likeness (QED) is 0.886. The smallest absolute Gasteiger partial charge is 0.259 e. The Morgan fingerprint density at radius 1 is 1.26 bits per heavy atom. The minimum absolute atomic E-state index is 0.141. The van der Waals surface area contributed by atoms with E-state index in [0.717, 1.165) is 17.0 Å². The summed E-state index contributed by atoms with van der Waals surface area (Å²) in [5, 5.41) is 6.01. The first kappa shape index (κ1) is 13.4. The topological polar surface area (TPSA) is 54.3 Å². The molecule has 0 radical (unpaired) electrons. The first-order valence-electron chi connectivity index (χ1n) is 6.22. The van der Waals surface area contributed by atoms with Crippen molar-refractivity contribution in [1.82, 2.24) is 5.32 Å². The van der Waals surface area contributed by atoms with Crippen LogP contribution in [0.4, 0.5) is 5.69 Å². The van der Waals surface area contributed by atoms with Crippen molar-refractivity contribution in [3.8, 4) is 0 Å². The third-order valence-electron chi connectivity index (χ3n) is 2.92. The van der Waals surface area contributed by atoms with Crippen molar-refractivity contribution in [3.63, 3.8) is 0 Å². The average Bonchev–Trinajstić information content (AvgIpc) is 2.71. The molecule has 0 unspecified atom stereocenters. The number of amides is 1. The zero-order valence-corrected chi connectivity index (χ0v) is 11.4. The zero-order chi connectivity index (χ0) is 13.8. The fourth-order valence-corrected chi connectivity index (χ4v) is 2.03. The van der Waals surface area contributed by atoms with Gasteiger partial charge in [-0.15, -0.1) is 0 Å². The molecule has 1 amide bonds. The highest BCUT2D eigenvalue weighted by atomic mass is 16.3. The van der Waals surface area contributed by atoms with Gasteiger partial charge in [-0.3, -0.25) is 4.79 Å². The molecule has 0 bridgehead atoms. The van der Waals surface area contributed by atoms with E-state index >= 15 is 0 Å². The maximum atomic E-state index is 12.2. The van der Waals surface area contributed by atoms with Crippen LogP contribution in [0, 0.1) is 13.8 Å². The molecule has 0 saturated carbocycles. The number of benzene rings is 1. The van der Waals surface area contributed by atoms with Crippen molar-refractivity contribution < 1.29 is 9.21 Å². The van der Waals surface area contributed by atoms with Crippen molar-refractivity contribution in [2.24, 2.45) is 0 Å². The number of rotatable bonds is 4. The number of hydrogen-bond acceptors (Lipinski definition) is 3. The van der Waals surface area contributed by atoms with Gasteiger partial charge >= 0.3 is 0 Å². The summed E-state index contributed by atoms with van der Waals surface area (Å²) >= 11 is 0. The number of carbonyl (C=O) groups excluding carboxylic acids is 1. The second-order valence-corrected chi connectivity index (χ2v) is 4.47. The number of anilines is 1. The number of carbonyl (C=O) groups is 1. The standard InChI is InChI=1S/C15H18N2O2/c1-10-8-13(11(2)19-10)15(18)17-14-7-5-4-6-12(14)9-16-3/h4-8,16H,9H2,1-3H3,(H,17,18). The number of nitrogens with one attached hydrogen (secondary N) is 2. The highest BCUT2D eigenvalue weighted by Crippen LogP contribution is 2.19. The van der Waals surface area contributed by atoms with Crippen molar-refractivity contribution >= 4 is 11.6 Å². The van der Waals surface area contributed by atoms with Crippen molar-refractivity contribution in [3.05, 3.63) is 53.0 Å². The summed E-state index contributed by atoms with van der Waals surface area (Å²) in [6.07, 6.45) is 0. The first-order chi connectivity index (χ1) is 9.11. The summed E-state index contributed by atoms with van der Waals surface area (Å²) < 4.78 is 5.38. The molecule has 0 atom stereocenters. The fraction of sp³-hybridized carbons (Fsp3) is 0.267. The van der Waals surface area contributed by atoms with E-state index in [2.05, 4.69) is 10.6 Å². The molecule has 1 heterocycles. The van der Waals surface area contributed by atoms with Gasteiger partial charge in [-0.2, -0.15) is 0 Å². The van der Waals surface area contributed by atoms with E-state index in [-0.39, 0.29) is 5.91 Å². The van der Waals surface area contributed by atoms with Gasteiger partial charge in [-0.1, -0.05) is 18.2 Å². The van der Waals surface area contributed by atoms with Gasteiger partial charge in [0.05, 0.1) is 5.56 Å². The normalized spacial score (nSPS) is 10.5. The predicted molar refractivity (Wildman–Crippen MR) is 75.3 cm³/mol. The van der Waals surface area contributed by atoms with Gasteiger partial charge in [0.15, 0.2) is 0 Å². The third-order valence-corrected chi connectivity index (χ3v) is 2.92. The van der Waals surface area contributed by atoms with E-state index in [1.807, 2.05) is 38.2 Å². The van der Waals surface area contributed by atoms with Crippen LogP contribution in [0.5, 0.6) is 0 Å². The molecular formula is C15H18N2O2. The van der Waals surface area contributed by atoms with E-state index < -0.39 is 0 Å². The molecule has 4 nitrogen and oxygen atoms in total. The van der Waals surface area contributed by atoms with Crippen molar-refractivity contribution in [1.29, 1.82) is 0 Å². The van der Waals surface area contributed by atoms with Crippen LogP contribution in [0.25, 0.3) is 0 Å². The molecule has 19 heavy (non-hydrogen) atoms. The lowest BCUT2D eigenvalue weighted by atomic mass is 10.1. The van der Waals surface area contributed by atoms with Gasteiger partial charge < -0.3 is 15.1 Å². The van der Waals surface area contributed by atoms with Crippen LogP contribution in [0.15, 0.2) is 34.7 Å². The van der Waals surface area contributed by atoms with Crippen LogP contribution in [0.2, 0.25) is 0 Å². The molecule has 0 saturated heterocycles. The number of furan rings is 1. The summed E-state index contributed by atoms with van der Waals surface area (Å²) in [5.41, 5.74) is 2.45. The molecular weight excluding hydrogens is 240 g/mol. The molecule has 2 rings (SSSR count). The molecule has 2 aromatic rings. The van der Waals surface area contributed by atoms with E-state index in [1.54, 1.807) is 13.0 Å². The number of aryl methyl sites for hydroxylation is 2. The Labute approximate surface area is 112 Å². The highest BCUT2D eigenvalue weighted by Gasteiger charge is 2.14. The Kier molecular flexibility index (Phi) is 4.02. The average molecular weight is 258 g/mol. The Bertz CT molecular complexity index is 588. The Morgan fingerprint density at radius 2 is 2.00 bits per heavy atom. The SMILES string of the molecule is CNCc1ccccc1NC(=O)c1cc(C)oc1C. The van der Waals surface area contributed by atoms with Crippen LogP contribution in [0.1, 0.15) is 27.4 Å². The van der Waals surface area contributed by atoms with Gasteiger partial charge in [0.25, 0.3) is 5.91 Å². The van der Waals surface area contributed by atoms with E-state index in [0.29, 0.717) is 17.9 Å². The first-order valence-corrected chi connectivity index (χ1v) is 6.22. The fourth-order valence-electron chi connectivity index (χ4n) is 2.03. The van der Waals surface area contributed by atoms with Gasteiger partial charge in [-0.25, -0.2) is 0 Å². The molecule has 0 aliphatic heterocycles. The van der Waals surface area contributed by atoms with Crippen molar-refractivity contribution in [2.75, 3.05) is 12.4 Å². The second kappa shape index (κ2) is 5.71.